The Labute approximate surface area is 138 Å². The number of carbonyl (C=O) groups is 4. The topological polar surface area (TPSA) is 125 Å². The monoisotopic (exact) mass is 333 g/mol. The van der Waals surface area contributed by atoms with Gasteiger partial charge in [-0.25, -0.2) is 9.59 Å². The van der Waals surface area contributed by atoms with E-state index < -0.39 is 34.9 Å². The van der Waals surface area contributed by atoms with Gasteiger partial charge in [-0.1, -0.05) is 19.1 Å². The number of aliphatic carboxylic acids is 1. The third kappa shape index (κ3) is 2.94. The molecule has 0 saturated carbocycles. The second-order valence-corrected chi connectivity index (χ2v) is 6.06. The summed E-state index contributed by atoms with van der Waals surface area (Å²) in [6.45, 7) is 4.65. The number of benzene rings is 1. The Morgan fingerprint density at radius 2 is 1.83 bits per heavy atom. The molecule has 2 unspecified atom stereocenters. The highest BCUT2D eigenvalue weighted by Gasteiger charge is 2.43. The lowest BCUT2D eigenvalue weighted by Gasteiger charge is -2.25. The van der Waals surface area contributed by atoms with Crippen molar-refractivity contribution in [2.45, 2.75) is 38.3 Å². The minimum Gasteiger partial charge on any atom is -0.480 e. The normalized spacial score (nSPS) is 22.3. The van der Waals surface area contributed by atoms with E-state index in [1.807, 2.05) is 0 Å². The van der Waals surface area contributed by atoms with Gasteiger partial charge in [-0.05, 0) is 38.0 Å². The molecule has 24 heavy (non-hydrogen) atoms. The van der Waals surface area contributed by atoms with Gasteiger partial charge in [0.05, 0.1) is 0 Å². The number of imide groups is 1. The average Bonchev–Trinajstić information content (AvgIpc) is 2.80. The Morgan fingerprint density at radius 3 is 2.25 bits per heavy atom. The molecule has 8 nitrogen and oxygen atoms in total. The first-order valence-electron chi connectivity index (χ1n) is 7.42. The molecule has 0 spiro atoms. The molecule has 8 heteroatoms. The molecule has 1 aliphatic rings. The van der Waals surface area contributed by atoms with E-state index in [0.29, 0.717) is 5.56 Å². The molecule has 1 aliphatic heterocycles. The zero-order chi connectivity index (χ0) is 18.1. The SMILES string of the molecule is CCC(C)(NC(=O)c1ccc(C2(C)NC(=O)NC2=O)cc1)C(=O)O. The van der Waals surface area contributed by atoms with Crippen molar-refractivity contribution in [3.8, 4) is 0 Å². The van der Waals surface area contributed by atoms with E-state index in [9.17, 15) is 24.3 Å². The van der Waals surface area contributed by atoms with Crippen LogP contribution in [-0.4, -0.2) is 34.5 Å². The van der Waals surface area contributed by atoms with E-state index in [0.717, 1.165) is 0 Å². The van der Waals surface area contributed by atoms with Crippen molar-refractivity contribution in [1.29, 1.82) is 0 Å². The standard InChI is InChI=1S/C16H19N3O5/c1-4-15(2,13(22)23)18-11(20)9-5-7-10(8-6-9)16(3)12(21)17-14(24)19-16/h5-8H,4H2,1-3H3,(H,18,20)(H,22,23)(H2,17,19,21,24). The summed E-state index contributed by atoms with van der Waals surface area (Å²) in [4.78, 5) is 46.7. The number of hydrogen-bond acceptors (Lipinski definition) is 4. The molecule has 1 heterocycles. The fourth-order valence-corrected chi connectivity index (χ4v) is 2.32. The summed E-state index contributed by atoms with van der Waals surface area (Å²) in [6.07, 6.45) is 0.233. The van der Waals surface area contributed by atoms with E-state index in [4.69, 9.17) is 0 Å². The quantitative estimate of drug-likeness (QED) is 0.591. The lowest BCUT2D eigenvalue weighted by Crippen LogP contribution is -2.51. The van der Waals surface area contributed by atoms with Crippen molar-refractivity contribution in [3.63, 3.8) is 0 Å². The molecule has 4 amide bonds. The summed E-state index contributed by atoms with van der Waals surface area (Å²) in [5.41, 5.74) is -1.79. The van der Waals surface area contributed by atoms with Crippen LogP contribution in [0, 0.1) is 0 Å². The first-order valence-corrected chi connectivity index (χ1v) is 7.42. The number of carboxylic acids is 1. The summed E-state index contributed by atoms with van der Waals surface area (Å²) in [5.74, 6) is -2.12. The van der Waals surface area contributed by atoms with Crippen molar-refractivity contribution in [1.82, 2.24) is 16.0 Å². The van der Waals surface area contributed by atoms with E-state index in [-0.39, 0.29) is 12.0 Å². The molecular weight excluding hydrogens is 314 g/mol. The summed E-state index contributed by atoms with van der Waals surface area (Å²) in [7, 11) is 0. The summed E-state index contributed by atoms with van der Waals surface area (Å²) in [5, 5.41) is 16.4. The van der Waals surface area contributed by atoms with Gasteiger partial charge in [-0.15, -0.1) is 0 Å². The summed E-state index contributed by atoms with van der Waals surface area (Å²) >= 11 is 0. The predicted octanol–water partition coefficient (Wildman–Crippen LogP) is 0.724. The Morgan fingerprint density at radius 1 is 1.25 bits per heavy atom. The van der Waals surface area contributed by atoms with Crippen LogP contribution < -0.4 is 16.0 Å². The number of carbonyl (C=O) groups excluding carboxylic acids is 3. The van der Waals surface area contributed by atoms with Gasteiger partial charge in [0.1, 0.15) is 11.1 Å². The molecule has 1 aromatic carbocycles. The molecule has 0 bridgehead atoms. The minimum atomic E-state index is -1.36. The highest BCUT2D eigenvalue weighted by Crippen LogP contribution is 2.24. The van der Waals surface area contributed by atoms with Gasteiger partial charge in [0.25, 0.3) is 11.8 Å². The lowest BCUT2D eigenvalue weighted by atomic mass is 9.91. The smallest absolute Gasteiger partial charge is 0.329 e. The third-order valence-electron chi connectivity index (χ3n) is 4.34. The van der Waals surface area contributed by atoms with Gasteiger partial charge in [-0.3, -0.25) is 14.9 Å². The van der Waals surface area contributed by atoms with Crippen LogP contribution in [0.3, 0.4) is 0 Å². The van der Waals surface area contributed by atoms with E-state index in [1.165, 1.54) is 19.1 Å². The largest absolute Gasteiger partial charge is 0.480 e. The van der Waals surface area contributed by atoms with Crippen LogP contribution in [-0.2, 0) is 15.1 Å². The van der Waals surface area contributed by atoms with E-state index in [2.05, 4.69) is 16.0 Å². The van der Waals surface area contributed by atoms with Gasteiger partial charge in [-0.2, -0.15) is 0 Å². The molecule has 0 aromatic heterocycles. The Kier molecular flexibility index (Phi) is 4.33. The number of hydrogen-bond donors (Lipinski definition) is 4. The second kappa shape index (κ2) is 5.95. The van der Waals surface area contributed by atoms with E-state index >= 15 is 0 Å². The maximum atomic E-state index is 12.2. The number of nitrogens with one attached hydrogen (secondary N) is 3. The van der Waals surface area contributed by atoms with Crippen LogP contribution in [0.1, 0.15) is 43.1 Å². The Hall–Kier alpha value is -2.90. The predicted molar refractivity (Wildman–Crippen MR) is 84.3 cm³/mol. The molecule has 128 valence electrons. The average molecular weight is 333 g/mol. The van der Waals surface area contributed by atoms with Crippen molar-refractivity contribution < 1.29 is 24.3 Å². The Bertz CT molecular complexity index is 715. The van der Waals surface area contributed by atoms with Gasteiger partial charge in [0.2, 0.25) is 0 Å². The Balaban J connectivity index is 2.21. The highest BCUT2D eigenvalue weighted by molar-refractivity contribution is 6.07. The van der Waals surface area contributed by atoms with Crippen molar-refractivity contribution >= 4 is 23.8 Å². The minimum absolute atomic E-state index is 0.233. The van der Waals surface area contributed by atoms with Crippen LogP contribution in [0.25, 0.3) is 0 Å². The fraction of sp³-hybridized carbons (Fsp3) is 0.375. The summed E-state index contributed by atoms with van der Waals surface area (Å²) in [6, 6.07) is 5.47. The number of carboxylic acid groups (broad SMARTS) is 1. The number of amides is 4. The lowest BCUT2D eigenvalue weighted by molar-refractivity contribution is -0.143. The molecule has 0 aliphatic carbocycles. The van der Waals surface area contributed by atoms with Gasteiger partial charge >= 0.3 is 12.0 Å². The third-order valence-corrected chi connectivity index (χ3v) is 4.34. The molecule has 2 rings (SSSR count). The van der Waals surface area contributed by atoms with Crippen LogP contribution in [0.4, 0.5) is 4.79 Å². The van der Waals surface area contributed by atoms with Crippen molar-refractivity contribution in [2.75, 3.05) is 0 Å². The van der Waals surface area contributed by atoms with Gasteiger partial charge < -0.3 is 15.7 Å². The highest BCUT2D eigenvalue weighted by atomic mass is 16.4. The van der Waals surface area contributed by atoms with Crippen LogP contribution in [0.2, 0.25) is 0 Å². The molecule has 1 saturated heterocycles. The molecule has 2 atom stereocenters. The zero-order valence-electron chi connectivity index (χ0n) is 13.6. The molecule has 4 N–H and O–H groups in total. The first kappa shape index (κ1) is 17.5. The maximum absolute atomic E-state index is 12.2. The van der Waals surface area contributed by atoms with Crippen LogP contribution >= 0.6 is 0 Å². The van der Waals surface area contributed by atoms with Crippen LogP contribution in [0.5, 0.6) is 0 Å². The van der Waals surface area contributed by atoms with Crippen LogP contribution in [0.15, 0.2) is 24.3 Å². The zero-order valence-corrected chi connectivity index (χ0v) is 13.6. The fourth-order valence-electron chi connectivity index (χ4n) is 2.32. The first-order chi connectivity index (χ1) is 11.1. The van der Waals surface area contributed by atoms with Gasteiger partial charge in [0.15, 0.2) is 0 Å². The number of rotatable bonds is 5. The van der Waals surface area contributed by atoms with Crippen molar-refractivity contribution in [3.05, 3.63) is 35.4 Å². The second-order valence-electron chi connectivity index (χ2n) is 6.06. The van der Waals surface area contributed by atoms with Crippen molar-refractivity contribution in [2.24, 2.45) is 0 Å². The molecule has 1 fully saturated rings. The van der Waals surface area contributed by atoms with E-state index in [1.54, 1.807) is 26.0 Å². The summed E-state index contributed by atoms with van der Waals surface area (Å²) < 4.78 is 0. The molecule has 0 radical (unpaired) electrons. The maximum Gasteiger partial charge on any atom is 0.329 e. The number of urea groups is 1. The molecule has 1 aromatic rings. The van der Waals surface area contributed by atoms with Gasteiger partial charge in [0, 0.05) is 5.56 Å². The molecular formula is C16H19N3O5.